The fourth-order valence-corrected chi connectivity index (χ4v) is 2.09. The highest BCUT2D eigenvalue weighted by Crippen LogP contribution is 2.29. The predicted octanol–water partition coefficient (Wildman–Crippen LogP) is 2.61. The first kappa shape index (κ1) is 12.7. The largest absolute Gasteiger partial charge is 0.392 e. The van der Waals surface area contributed by atoms with Gasteiger partial charge in [0.2, 0.25) is 0 Å². The fourth-order valence-electron chi connectivity index (χ4n) is 0.905. The second kappa shape index (κ2) is 5.14. The van der Waals surface area contributed by atoms with Gasteiger partial charge in [-0.25, -0.2) is 9.97 Å². The highest BCUT2D eigenvalue weighted by molar-refractivity contribution is 8.00. The zero-order valence-corrected chi connectivity index (χ0v) is 10.9. The molecule has 1 N–H and O–H groups in total. The third kappa shape index (κ3) is 3.33. The molecule has 0 saturated heterocycles. The van der Waals surface area contributed by atoms with Crippen molar-refractivity contribution in [3.8, 4) is 0 Å². The molecule has 0 aromatic carbocycles. The van der Waals surface area contributed by atoms with Crippen LogP contribution in [0.5, 0.6) is 0 Å². The minimum atomic E-state index is -0.394. The van der Waals surface area contributed by atoms with E-state index in [-0.39, 0.29) is 5.25 Å². The number of aliphatic hydroxyl groups is 1. The molecule has 0 amide bonds. The van der Waals surface area contributed by atoms with E-state index >= 15 is 0 Å². The van der Waals surface area contributed by atoms with Gasteiger partial charge in [-0.05, 0) is 20.8 Å². The normalized spacial score (nSPS) is 15.1. The summed E-state index contributed by atoms with van der Waals surface area (Å²) in [4.78, 5) is 8.54. The first-order chi connectivity index (χ1) is 6.91. The van der Waals surface area contributed by atoms with Crippen molar-refractivity contribution >= 4 is 23.4 Å². The van der Waals surface area contributed by atoms with Crippen LogP contribution in [0.1, 0.15) is 25.2 Å². The lowest BCUT2D eigenvalue weighted by atomic mass is 10.3. The summed E-state index contributed by atoms with van der Waals surface area (Å²) >= 11 is 7.42. The highest BCUT2D eigenvalue weighted by atomic mass is 35.5. The quantitative estimate of drug-likeness (QED) is 0.833. The van der Waals surface area contributed by atoms with Gasteiger partial charge in [0.15, 0.2) is 5.15 Å². The molecule has 3 nitrogen and oxygen atoms in total. The van der Waals surface area contributed by atoms with Crippen molar-refractivity contribution in [1.82, 2.24) is 9.97 Å². The van der Waals surface area contributed by atoms with Crippen LogP contribution in [0.2, 0.25) is 5.15 Å². The molecule has 1 aromatic rings. The smallest absolute Gasteiger partial charge is 0.161 e. The Bertz CT molecular complexity index is 358. The van der Waals surface area contributed by atoms with Crippen LogP contribution < -0.4 is 0 Å². The molecule has 2 atom stereocenters. The van der Waals surface area contributed by atoms with E-state index in [2.05, 4.69) is 9.97 Å². The lowest BCUT2D eigenvalue weighted by molar-refractivity contribution is 0.196. The summed E-state index contributed by atoms with van der Waals surface area (Å²) in [6.07, 6.45) is -0.394. The van der Waals surface area contributed by atoms with Gasteiger partial charge in [-0.15, -0.1) is 0 Å². The summed E-state index contributed by atoms with van der Waals surface area (Å²) in [6.45, 7) is 7.46. The summed E-state index contributed by atoms with van der Waals surface area (Å²) in [7, 11) is 0. The van der Waals surface area contributed by atoms with Crippen LogP contribution >= 0.6 is 23.4 Å². The van der Waals surface area contributed by atoms with Crippen LogP contribution in [0.3, 0.4) is 0 Å². The zero-order valence-electron chi connectivity index (χ0n) is 9.28. The molecule has 0 radical (unpaired) electrons. The van der Waals surface area contributed by atoms with Gasteiger partial charge in [0.1, 0.15) is 5.03 Å². The minimum absolute atomic E-state index is 0.0545. The number of nitrogens with zero attached hydrogens (tertiary/aromatic N) is 2. The first-order valence-corrected chi connectivity index (χ1v) is 6.03. The summed E-state index contributed by atoms with van der Waals surface area (Å²) < 4.78 is 0. The van der Waals surface area contributed by atoms with Gasteiger partial charge in [0.25, 0.3) is 0 Å². The molecule has 0 fully saturated rings. The lowest BCUT2D eigenvalue weighted by Crippen LogP contribution is -2.15. The summed E-state index contributed by atoms with van der Waals surface area (Å²) in [5, 5.41) is 10.5. The average Bonchev–Trinajstić information content (AvgIpc) is 2.13. The molecule has 0 aliphatic rings. The monoisotopic (exact) mass is 246 g/mol. The Hall–Kier alpha value is -0.320. The Kier molecular flexibility index (Phi) is 4.37. The average molecular weight is 247 g/mol. The lowest BCUT2D eigenvalue weighted by Gasteiger charge is -2.14. The maximum atomic E-state index is 9.38. The number of aliphatic hydroxyl groups excluding tert-OH is 1. The Morgan fingerprint density at radius 1 is 1.20 bits per heavy atom. The number of hydrogen-bond acceptors (Lipinski definition) is 4. The molecule has 1 aromatic heterocycles. The van der Waals surface area contributed by atoms with Crippen LogP contribution in [0.15, 0.2) is 5.03 Å². The Morgan fingerprint density at radius 2 is 1.73 bits per heavy atom. The number of aromatic nitrogens is 2. The molecular weight excluding hydrogens is 232 g/mol. The van der Waals surface area contributed by atoms with Crippen molar-refractivity contribution in [1.29, 1.82) is 0 Å². The Morgan fingerprint density at radius 3 is 2.27 bits per heavy atom. The zero-order chi connectivity index (χ0) is 11.6. The topological polar surface area (TPSA) is 46.0 Å². The summed E-state index contributed by atoms with van der Waals surface area (Å²) in [5.74, 6) is 0. The van der Waals surface area contributed by atoms with E-state index in [4.69, 9.17) is 11.6 Å². The molecule has 0 spiro atoms. The van der Waals surface area contributed by atoms with E-state index in [9.17, 15) is 5.11 Å². The van der Waals surface area contributed by atoms with Crippen molar-refractivity contribution in [3.63, 3.8) is 0 Å². The molecule has 0 aliphatic heterocycles. The van der Waals surface area contributed by atoms with E-state index < -0.39 is 6.10 Å². The second-order valence-corrected chi connectivity index (χ2v) is 5.28. The van der Waals surface area contributed by atoms with Gasteiger partial charge in [-0.2, -0.15) is 0 Å². The molecule has 15 heavy (non-hydrogen) atoms. The third-order valence-corrected chi connectivity index (χ3v) is 3.86. The minimum Gasteiger partial charge on any atom is -0.392 e. The molecular formula is C10H15ClN2OS. The molecule has 2 unspecified atom stereocenters. The van der Waals surface area contributed by atoms with Gasteiger partial charge < -0.3 is 5.11 Å². The van der Waals surface area contributed by atoms with Gasteiger partial charge >= 0.3 is 0 Å². The van der Waals surface area contributed by atoms with E-state index in [1.165, 1.54) is 11.8 Å². The first-order valence-electron chi connectivity index (χ1n) is 4.77. The van der Waals surface area contributed by atoms with E-state index in [1.54, 1.807) is 6.92 Å². The van der Waals surface area contributed by atoms with E-state index in [0.717, 1.165) is 11.4 Å². The predicted molar refractivity (Wildman–Crippen MR) is 63.5 cm³/mol. The molecule has 5 heteroatoms. The van der Waals surface area contributed by atoms with Crippen molar-refractivity contribution in [2.45, 2.75) is 44.1 Å². The fraction of sp³-hybridized carbons (Fsp3) is 0.600. The maximum Gasteiger partial charge on any atom is 0.161 e. The van der Waals surface area contributed by atoms with Crippen molar-refractivity contribution in [2.75, 3.05) is 0 Å². The van der Waals surface area contributed by atoms with E-state index in [1.807, 2.05) is 20.8 Å². The van der Waals surface area contributed by atoms with E-state index in [0.29, 0.717) is 10.2 Å². The van der Waals surface area contributed by atoms with Crippen molar-refractivity contribution in [3.05, 3.63) is 16.5 Å². The molecule has 0 saturated carbocycles. The van der Waals surface area contributed by atoms with Crippen molar-refractivity contribution in [2.24, 2.45) is 0 Å². The molecule has 0 aliphatic carbocycles. The Balaban J connectivity index is 2.91. The van der Waals surface area contributed by atoms with Gasteiger partial charge in [-0.1, -0.05) is 30.3 Å². The molecule has 1 rings (SSSR count). The standard InChI is InChI=1S/C10H15ClN2OS/c1-5-6(2)13-10(9(11)12-5)15-8(4)7(3)14/h7-8,14H,1-4H3. The molecule has 84 valence electrons. The number of rotatable bonds is 3. The highest BCUT2D eigenvalue weighted by Gasteiger charge is 2.15. The summed E-state index contributed by atoms with van der Waals surface area (Å²) in [5.41, 5.74) is 1.72. The van der Waals surface area contributed by atoms with Crippen LogP contribution in [-0.4, -0.2) is 26.4 Å². The third-order valence-electron chi connectivity index (χ3n) is 2.21. The number of thioether (sulfide) groups is 1. The Labute approximate surface area is 99.3 Å². The number of aryl methyl sites for hydroxylation is 2. The van der Waals surface area contributed by atoms with Crippen LogP contribution in [-0.2, 0) is 0 Å². The maximum absolute atomic E-state index is 9.38. The number of hydrogen-bond donors (Lipinski definition) is 1. The second-order valence-electron chi connectivity index (χ2n) is 3.55. The van der Waals surface area contributed by atoms with Crippen LogP contribution in [0, 0.1) is 13.8 Å². The van der Waals surface area contributed by atoms with Crippen LogP contribution in [0.4, 0.5) is 0 Å². The summed E-state index contributed by atoms with van der Waals surface area (Å²) in [6, 6.07) is 0. The SMILES string of the molecule is Cc1nc(Cl)c(SC(C)C(C)O)nc1C. The molecule has 0 bridgehead atoms. The van der Waals surface area contributed by atoms with Gasteiger partial charge in [0, 0.05) is 5.25 Å². The van der Waals surface area contributed by atoms with Crippen LogP contribution in [0.25, 0.3) is 0 Å². The number of halogens is 1. The van der Waals surface area contributed by atoms with Gasteiger partial charge in [0.05, 0.1) is 17.5 Å². The van der Waals surface area contributed by atoms with Crippen molar-refractivity contribution < 1.29 is 5.11 Å². The van der Waals surface area contributed by atoms with Gasteiger partial charge in [-0.3, -0.25) is 0 Å². The molecule has 1 heterocycles.